The van der Waals surface area contributed by atoms with E-state index < -0.39 is 0 Å². The molecule has 0 aliphatic rings. The number of hydrogen-bond donors (Lipinski definition) is 0. The fourth-order valence-electron chi connectivity index (χ4n) is 6.95. The Balaban J connectivity index is 1.29. The van der Waals surface area contributed by atoms with Crippen LogP contribution in [0.2, 0.25) is 0 Å². The van der Waals surface area contributed by atoms with Crippen molar-refractivity contribution in [1.29, 1.82) is 0 Å². The van der Waals surface area contributed by atoms with Gasteiger partial charge in [0, 0.05) is 50.0 Å². The van der Waals surface area contributed by atoms with E-state index in [0.717, 1.165) is 28.4 Å². The maximum Gasteiger partial charge on any atom is 0.0561 e. The van der Waals surface area contributed by atoms with Gasteiger partial charge in [-0.25, -0.2) is 0 Å². The Kier molecular flexibility index (Phi) is 5.82. The van der Waals surface area contributed by atoms with E-state index in [9.17, 15) is 0 Å². The first kappa shape index (κ1) is 25.4. The fourth-order valence-corrected chi connectivity index (χ4v) is 6.95. The lowest BCUT2D eigenvalue weighted by molar-refractivity contribution is 1.13. The molecule has 9 rings (SSSR count). The van der Waals surface area contributed by atoms with Gasteiger partial charge in [0.2, 0.25) is 0 Å². The molecule has 0 aliphatic carbocycles. The molecular formula is C42H29N3. The van der Waals surface area contributed by atoms with Gasteiger partial charge in [-0.05, 0) is 72.8 Å². The summed E-state index contributed by atoms with van der Waals surface area (Å²) in [5.74, 6) is 0. The molecule has 0 spiro atoms. The Morgan fingerprint density at radius 3 is 1.22 bits per heavy atom. The third-order valence-electron chi connectivity index (χ3n) is 8.87. The molecule has 45 heavy (non-hydrogen) atoms. The van der Waals surface area contributed by atoms with Gasteiger partial charge in [-0.2, -0.15) is 0 Å². The van der Waals surface area contributed by atoms with Gasteiger partial charge in [0.25, 0.3) is 0 Å². The molecule has 0 fully saturated rings. The molecule has 0 N–H and O–H groups in total. The molecule has 0 saturated carbocycles. The minimum absolute atomic E-state index is 1.11. The number of aromatic nitrogens is 2. The summed E-state index contributed by atoms with van der Waals surface area (Å²) < 4.78 is 4.81. The fraction of sp³-hybridized carbons (Fsp3) is 0. The highest BCUT2D eigenvalue weighted by molar-refractivity contribution is 6.11. The maximum absolute atomic E-state index is 2.42. The third kappa shape index (κ3) is 4.05. The summed E-state index contributed by atoms with van der Waals surface area (Å²) in [6.45, 7) is 0. The Bertz CT molecular complexity index is 2390. The van der Waals surface area contributed by atoms with Crippen LogP contribution < -0.4 is 4.90 Å². The molecule has 0 atom stereocenters. The minimum Gasteiger partial charge on any atom is -0.310 e. The van der Waals surface area contributed by atoms with Crippen molar-refractivity contribution in [3.05, 3.63) is 176 Å². The van der Waals surface area contributed by atoms with E-state index >= 15 is 0 Å². The number of rotatable bonds is 5. The molecule has 0 unspecified atom stereocenters. The van der Waals surface area contributed by atoms with Crippen molar-refractivity contribution < 1.29 is 0 Å². The van der Waals surface area contributed by atoms with Gasteiger partial charge in [-0.3, -0.25) is 0 Å². The van der Waals surface area contributed by atoms with E-state index in [2.05, 4.69) is 190 Å². The lowest BCUT2D eigenvalue weighted by Gasteiger charge is -2.25. The summed E-state index contributed by atoms with van der Waals surface area (Å²) in [6.07, 6.45) is 0. The smallest absolute Gasteiger partial charge is 0.0561 e. The summed E-state index contributed by atoms with van der Waals surface area (Å²) in [5.41, 5.74) is 10.4. The van der Waals surface area contributed by atoms with Gasteiger partial charge in [-0.1, -0.05) is 103 Å². The number of fused-ring (bicyclic) bond motifs is 6. The predicted molar refractivity (Wildman–Crippen MR) is 190 cm³/mol. The van der Waals surface area contributed by atoms with Crippen LogP contribution in [0.3, 0.4) is 0 Å². The lowest BCUT2D eigenvalue weighted by Crippen LogP contribution is -2.09. The highest BCUT2D eigenvalue weighted by Gasteiger charge is 2.18. The zero-order valence-electron chi connectivity index (χ0n) is 24.6. The van der Waals surface area contributed by atoms with Gasteiger partial charge < -0.3 is 14.0 Å². The van der Waals surface area contributed by atoms with E-state index in [-0.39, 0.29) is 0 Å². The van der Waals surface area contributed by atoms with Crippen molar-refractivity contribution in [2.24, 2.45) is 0 Å². The molecule has 0 radical (unpaired) electrons. The number of nitrogens with zero attached hydrogens (tertiary/aromatic N) is 3. The zero-order chi connectivity index (χ0) is 29.7. The maximum atomic E-state index is 2.42. The molecule has 3 heteroatoms. The van der Waals surface area contributed by atoms with Gasteiger partial charge in [-0.15, -0.1) is 0 Å². The third-order valence-corrected chi connectivity index (χ3v) is 8.87. The van der Waals surface area contributed by atoms with E-state index in [1.165, 1.54) is 43.6 Å². The number of para-hydroxylation sites is 5. The summed E-state index contributed by atoms with van der Waals surface area (Å²) >= 11 is 0. The number of hydrogen-bond acceptors (Lipinski definition) is 1. The Labute approximate surface area is 261 Å². The van der Waals surface area contributed by atoms with Gasteiger partial charge in [0.1, 0.15) is 0 Å². The molecule has 0 saturated heterocycles. The van der Waals surface area contributed by atoms with Crippen molar-refractivity contribution in [2.45, 2.75) is 0 Å². The molecular weight excluding hydrogens is 546 g/mol. The molecule has 2 aromatic heterocycles. The Morgan fingerprint density at radius 2 is 0.711 bits per heavy atom. The quantitative estimate of drug-likeness (QED) is 0.199. The molecule has 9 aromatic rings. The van der Waals surface area contributed by atoms with Crippen LogP contribution in [0.25, 0.3) is 55.0 Å². The van der Waals surface area contributed by atoms with E-state index in [0.29, 0.717) is 0 Å². The molecule has 2 heterocycles. The summed E-state index contributed by atoms with van der Waals surface area (Å²) in [7, 11) is 0. The average molecular weight is 576 g/mol. The van der Waals surface area contributed by atoms with Crippen LogP contribution in [0.5, 0.6) is 0 Å². The largest absolute Gasteiger partial charge is 0.310 e. The van der Waals surface area contributed by atoms with E-state index in [4.69, 9.17) is 0 Å². The van der Waals surface area contributed by atoms with E-state index in [1.54, 1.807) is 0 Å². The van der Waals surface area contributed by atoms with Crippen LogP contribution in [0.15, 0.2) is 176 Å². The molecule has 0 aliphatic heterocycles. The number of benzene rings is 7. The van der Waals surface area contributed by atoms with Gasteiger partial charge in [0.15, 0.2) is 0 Å². The van der Waals surface area contributed by atoms with Crippen molar-refractivity contribution in [3.63, 3.8) is 0 Å². The molecule has 7 aromatic carbocycles. The first-order valence-corrected chi connectivity index (χ1v) is 15.4. The van der Waals surface area contributed by atoms with Crippen LogP contribution in [0, 0.1) is 0 Å². The first-order chi connectivity index (χ1) is 22.3. The zero-order valence-corrected chi connectivity index (χ0v) is 24.6. The SMILES string of the molecule is c1ccc(N(c2ccccc2)c2ccc3c4ccccc4n(-c4cccc(-n5c6ccccc6c6ccccc65)c4)c3c2)cc1. The minimum atomic E-state index is 1.11. The Morgan fingerprint density at radius 1 is 0.289 bits per heavy atom. The summed E-state index contributed by atoms with van der Waals surface area (Å²) in [5, 5.41) is 5.01. The van der Waals surface area contributed by atoms with E-state index in [1.807, 2.05) is 0 Å². The van der Waals surface area contributed by atoms with Gasteiger partial charge in [0.05, 0.1) is 22.1 Å². The van der Waals surface area contributed by atoms with Crippen LogP contribution >= 0.6 is 0 Å². The highest BCUT2D eigenvalue weighted by atomic mass is 15.1. The van der Waals surface area contributed by atoms with Gasteiger partial charge >= 0.3 is 0 Å². The van der Waals surface area contributed by atoms with Crippen LogP contribution in [-0.2, 0) is 0 Å². The normalized spacial score (nSPS) is 11.6. The average Bonchev–Trinajstić information content (AvgIpc) is 3.62. The van der Waals surface area contributed by atoms with Crippen LogP contribution in [0.1, 0.15) is 0 Å². The van der Waals surface area contributed by atoms with Crippen molar-refractivity contribution in [1.82, 2.24) is 9.13 Å². The standard InChI is InChI=1S/C42H29N3/c1-3-14-30(15-4-1)43(31-16-5-2-6-17-31)34-26-27-38-37-22-9-12-25-41(37)45(42(38)29-34)33-19-13-18-32(28-33)44-39-23-10-7-20-35(39)36-21-8-11-24-40(36)44/h1-29H. The first-order valence-electron chi connectivity index (χ1n) is 15.4. The predicted octanol–water partition coefficient (Wildman–Crippen LogP) is 11.4. The second-order valence-electron chi connectivity index (χ2n) is 11.5. The molecule has 212 valence electrons. The van der Waals surface area contributed by atoms with Crippen LogP contribution in [-0.4, -0.2) is 9.13 Å². The second kappa shape index (κ2) is 10.3. The summed E-state index contributed by atoms with van der Waals surface area (Å²) in [4.78, 5) is 2.33. The highest BCUT2D eigenvalue weighted by Crippen LogP contribution is 2.40. The summed E-state index contributed by atoms with van der Waals surface area (Å²) in [6, 6.07) is 63.1. The molecule has 0 bridgehead atoms. The second-order valence-corrected chi connectivity index (χ2v) is 11.5. The Hall–Kier alpha value is -6.06. The monoisotopic (exact) mass is 575 g/mol. The molecule has 3 nitrogen and oxygen atoms in total. The lowest BCUT2D eigenvalue weighted by atomic mass is 10.1. The topological polar surface area (TPSA) is 13.1 Å². The van der Waals surface area contributed by atoms with Crippen molar-refractivity contribution in [3.8, 4) is 11.4 Å². The number of anilines is 3. The van der Waals surface area contributed by atoms with Crippen molar-refractivity contribution >= 4 is 60.7 Å². The molecule has 0 amide bonds. The van der Waals surface area contributed by atoms with Crippen molar-refractivity contribution in [2.75, 3.05) is 4.90 Å². The van der Waals surface area contributed by atoms with Crippen LogP contribution in [0.4, 0.5) is 17.1 Å².